The fourth-order valence-electron chi connectivity index (χ4n) is 3.11. The zero-order valence-corrected chi connectivity index (χ0v) is 16.2. The average molecular weight is 359 g/mol. The number of rotatable bonds is 6. The second kappa shape index (κ2) is 8.65. The van der Waals surface area contributed by atoms with Crippen LogP contribution in [-0.2, 0) is 11.3 Å². The molecule has 1 amide bonds. The third-order valence-electron chi connectivity index (χ3n) is 4.80. The Morgan fingerprint density at radius 1 is 0.889 bits per heavy atom. The van der Waals surface area contributed by atoms with Gasteiger partial charge in [0, 0.05) is 16.8 Å². The zero-order valence-electron chi connectivity index (χ0n) is 16.2. The Labute approximate surface area is 161 Å². The standard InChI is InChI=1S/C24H26N2O/c1-17-10-13-20(14-11-17)16-25-23(21-7-5-4-6-8-21)24(27)26-22-15-18(2)9-12-19(22)3/h4-15,23,25H,16H2,1-3H3,(H,26,27)/p+1/t23-/m0/s1. The van der Waals surface area contributed by atoms with Crippen LogP contribution in [0.3, 0.4) is 0 Å². The van der Waals surface area contributed by atoms with Gasteiger partial charge in [0.1, 0.15) is 6.54 Å². The number of anilines is 1. The number of hydrogen-bond donors (Lipinski definition) is 2. The third-order valence-corrected chi connectivity index (χ3v) is 4.80. The molecule has 0 aliphatic rings. The maximum Gasteiger partial charge on any atom is 0.287 e. The topological polar surface area (TPSA) is 45.7 Å². The van der Waals surface area contributed by atoms with E-state index in [-0.39, 0.29) is 11.9 Å². The number of quaternary nitrogens is 1. The zero-order chi connectivity index (χ0) is 19.2. The Hall–Kier alpha value is -2.91. The van der Waals surface area contributed by atoms with Crippen molar-refractivity contribution in [1.29, 1.82) is 0 Å². The number of carbonyl (C=O) groups excluding carboxylic acids is 1. The Morgan fingerprint density at radius 2 is 1.56 bits per heavy atom. The van der Waals surface area contributed by atoms with Crippen LogP contribution in [0.5, 0.6) is 0 Å². The molecule has 0 unspecified atom stereocenters. The maximum atomic E-state index is 13.1. The predicted molar refractivity (Wildman–Crippen MR) is 111 cm³/mol. The van der Waals surface area contributed by atoms with Gasteiger partial charge in [-0.05, 0) is 38.0 Å². The largest absolute Gasteiger partial charge is 0.328 e. The van der Waals surface area contributed by atoms with Crippen LogP contribution in [0.1, 0.15) is 33.9 Å². The molecule has 3 aromatic carbocycles. The monoisotopic (exact) mass is 359 g/mol. The Bertz CT molecular complexity index is 901. The first-order valence-electron chi connectivity index (χ1n) is 9.35. The van der Waals surface area contributed by atoms with E-state index in [9.17, 15) is 4.79 Å². The molecule has 27 heavy (non-hydrogen) atoms. The minimum absolute atomic E-state index is 0.00186. The number of hydrogen-bond acceptors (Lipinski definition) is 1. The van der Waals surface area contributed by atoms with Crippen LogP contribution >= 0.6 is 0 Å². The molecule has 1 atom stereocenters. The molecule has 0 aromatic heterocycles. The molecule has 138 valence electrons. The second-order valence-corrected chi connectivity index (χ2v) is 7.12. The van der Waals surface area contributed by atoms with Crippen LogP contribution in [-0.4, -0.2) is 5.91 Å². The molecule has 0 saturated heterocycles. The summed E-state index contributed by atoms with van der Waals surface area (Å²) < 4.78 is 0. The van der Waals surface area contributed by atoms with Crippen molar-refractivity contribution in [2.24, 2.45) is 0 Å². The summed E-state index contributed by atoms with van der Waals surface area (Å²) in [5.41, 5.74) is 6.54. The summed E-state index contributed by atoms with van der Waals surface area (Å²) in [7, 11) is 0. The van der Waals surface area contributed by atoms with Gasteiger partial charge in [-0.25, -0.2) is 0 Å². The van der Waals surface area contributed by atoms with Crippen molar-refractivity contribution in [1.82, 2.24) is 0 Å². The fraction of sp³-hybridized carbons (Fsp3) is 0.208. The van der Waals surface area contributed by atoms with E-state index in [1.54, 1.807) is 0 Å². The normalized spacial score (nSPS) is 11.8. The molecule has 0 saturated carbocycles. The minimum Gasteiger partial charge on any atom is -0.328 e. The molecule has 3 N–H and O–H groups in total. The lowest BCUT2D eigenvalue weighted by molar-refractivity contribution is -0.697. The Balaban J connectivity index is 1.80. The molecule has 3 aromatic rings. The summed E-state index contributed by atoms with van der Waals surface area (Å²) in [5.74, 6) is 0.00186. The smallest absolute Gasteiger partial charge is 0.287 e. The summed E-state index contributed by atoms with van der Waals surface area (Å²) >= 11 is 0. The van der Waals surface area contributed by atoms with Gasteiger partial charge >= 0.3 is 0 Å². The molecule has 0 spiro atoms. The fourth-order valence-corrected chi connectivity index (χ4v) is 3.11. The van der Waals surface area contributed by atoms with Gasteiger partial charge in [0.15, 0.2) is 6.04 Å². The van der Waals surface area contributed by atoms with E-state index in [1.165, 1.54) is 11.1 Å². The van der Waals surface area contributed by atoms with E-state index in [0.29, 0.717) is 0 Å². The maximum absolute atomic E-state index is 13.1. The predicted octanol–water partition coefficient (Wildman–Crippen LogP) is 4.06. The van der Waals surface area contributed by atoms with E-state index in [1.807, 2.05) is 56.3 Å². The van der Waals surface area contributed by atoms with Crippen molar-refractivity contribution in [3.05, 3.63) is 101 Å². The van der Waals surface area contributed by atoms with E-state index in [2.05, 4.69) is 47.9 Å². The molecule has 0 aliphatic carbocycles. The SMILES string of the molecule is Cc1ccc(C[NH2+][C@H](C(=O)Nc2cc(C)ccc2C)c2ccccc2)cc1. The second-order valence-electron chi connectivity index (χ2n) is 7.12. The van der Waals surface area contributed by atoms with Gasteiger partial charge in [0.25, 0.3) is 5.91 Å². The van der Waals surface area contributed by atoms with Crippen molar-refractivity contribution >= 4 is 11.6 Å². The average Bonchev–Trinajstić information content (AvgIpc) is 2.67. The van der Waals surface area contributed by atoms with Gasteiger partial charge in [-0.2, -0.15) is 0 Å². The summed E-state index contributed by atoms with van der Waals surface area (Å²) in [6.45, 7) is 6.88. The highest BCUT2D eigenvalue weighted by Gasteiger charge is 2.24. The van der Waals surface area contributed by atoms with E-state index >= 15 is 0 Å². The third kappa shape index (κ3) is 5.05. The van der Waals surface area contributed by atoms with Gasteiger partial charge in [0.05, 0.1) is 0 Å². The number of amides is 1. The van der Waals surface area contributed by atoms with Gasteiger partial charge < -0.3 is 10.6 Å². The van der Waals surface area contributed by atoms with E-state index in [0.717, 1.165) is 28.9 Å². The highest BCUT2D eigenvalue weighted by molar-refractivity contribution is 5.95. The van der Waals surface area contributed by atoms with Gasteiger partial charge in [-0.3, -0.25) is 4.79 Å². The van der Waals surface area contributed by atoms with Crippen LogP contribution in [0.25, 0.3) is 0 Å². The lowest BCUT2D eigenvalue weighted by Gasteiger charge is -2.17. The molecular formula is C24H27N2O+. The van der Waals surface area contributed by atoms with Crippen molar-refractivity contribution in [2.45, 2.75) is 33.4 Å². The molecule has 0 aliphatic heterocycles. The van der Waals surface area contributed by atoms with Crippen molar-refractivity contribution in [2.75, 3.05) is 5.32 Å². The molecular weight excluding hydrogens is 332 g/mol. The molecule has 3 rings (SSSR count). The number of aryl methyl sites for hydroxylation is 3. The van der Waals surface area contributed by atoms with Crippen LogP contribution in [0.15, 0.2) is 72.8 Å². The molecule has 3 nitrogen and oxygen atoms in total. The summed E-state index contributed by atoms with van der Waals surface area (Å²) in [6, 6.07) is 24.2. The first kappa shape index (κ1) is 18.9. The number of nitrogens with two attached hydrogens (primary N) is 1. The van der Waals surface area contributed by atoms with Gasteiger partial charge in [0.2, 0.25) is 0 Å². The van der Waals surface area contributed by atoms with Gasteiger partial charge in [-0.1, -0.05) is 72.3 Å². The van der Waals surface area contributed by atoms with Gasteiger partial charge in [-0.15, -0.1) is 0 Å². The van der Waals surface area contributed by atoms with E-state index < -0.39 is 0 Å². The molecule has 0 bridgehead atoms. The summed E-state index contributed by atoms with van der Waals surface area (Å²) in [4.78, 5) is 13.1. The Morgan fingerprint density at radius 3 is 2.26 bits per heavy atom. The quantitative estimate of drug-likeness (QED) is 0.685. The first-order chi connectivity index (χ1) is 13.0. The van der Waals surface area contributed by atoms with Crippen molar-refractivity contribution in [3.63, 3.8) is 0 Å². The summed E-state index contributed by atoms with van der Waals surface area (Å²) in [5, 5.41) is 5.22. The highest BCUT2D eigenvalue weighted by atomic mass is 16.2. The number of benzene rings is 3. The molecule has 3 heteroatoms. The lowest BCUT2D eigenvalue weighted by Crippen LogP contribution is -2.85. The molecule has 0 heterocycles. The van der Waals surface area contributed by atoms with E-state index in [4.69, 9.17) is 0 Å². The van der Waals surface area contributed by atoms with Crippen molar-refractivity contribution in [3.8, 4) is 0 Å². The highest BCUT2D eigenvalue weighted by Crippen LogP contribution is 2.19. The van der Waals surface area contributed by atoms with Crippen LogP contribution in [0.4, 0.5) is 5.69 Å². The van der Waals surface area contributed by atoms with Crippen molar-refractivity contribution < 1.29 is 10.1 Å². The van der Waals surface area contributed by atoms with Crippen LogP contribution < -0.4 is 10.6 Å². The lowest BCUT2D eigenvalue weighted by atomic mass is 10.0. The summed E-state index contributed by atoms with van der Waals surface area (Å²) in [6.07, 6.45) is 0. The first-order valence-corrected chi connectivity index (χ1v) is 9.35. The Kier molecular flexibility index (Phi) is 6.05. The number of nitrogens with one attached hydrogen (secondary N) is 1. The minimum atomic E-state index is -0.299. The molecule has 0 radical (unpaired) electrons. The molecule has 0 fully saturated rings. The number of carbonyl (C=O) groups is 1. The van der Waals surface area contributed by atoms with Crippen LogP contribution in [0, 0.1) is 20.8 Å². The van der Waals surface area contributed by atoms with Crippen LogP contribution in [0.2, 0.25) is 0 Å².